The highest BCUT2D eigenvalue weighted by molar-refractivity contribution is 5.86. The minimum absolute atomic E-state index is 0.599. The molecule has 0 amide bonds. The Labute approximate surface area is 114 Å². The van der Waals surface area contributed by atoms with Gasteiger partial charge in [0.05, 0.1) is 5.56 Å². The minimum atomic E-state index is 0.599. The summed E-state index contributed by atoms with van der Waals surface area (Å²) in [6.07, 6.45) is 0. The molecule has 0 aliphatic carbocycles. The fraction of sp³-hybridized carbons (Fsp3) is 0.250. The summed E-state index contributed by atoms with van der Waals surface area (Å²) in [6, 6.07) is 15.9. The molecule has 0 radical (unpaired) electrons. The quantitative estimate of drug-likeness (QED) is 0.739. The fourth-order valence-electron chi connectivity index (χ4n) is 2.33. The molecule has 3 heteroatoms. The van der Waals surface area contributed by atoms with Crippen molar-refractivity contribution in [3.05, 3.63) is 53.5 Å². The predicted octanol–water partition coefficient (Wildman–Crippen LogP) is 4.68. The van der Waals surface area contributed by atoms with E-state index in [0.29, 0.717) is 5.69 Å². The zero-order valence-electron chi connectivity index (χ0n) is 11.4. The Hall–Kier alpha value is -2.34. The number of nitrogens with zero attached hydrogens (tertiary/aromatic N) is 3. The van der Waals surface area contributed by atoms with E-state index in [1.165, 1.54) is 5.69 Å². The number of rotatable bonds is 4. The Morgan fingerprint density at radius 3 is 2.11 bits per heavy atom. The molecule has 0 fully saturated rings. The van der Waals surface area contributed by atoms with E-state index in [1.54, 1.807) is 0 Å². The molecule has 2 aromatic carbocycles. The van der Waals surface area contributed by atoms with E-state index in [9.17, 15) is 0 Å². The van der Waals surface area contributed by atoms with E-state index >= 15 is 0 Å². The molecule has 0 aromatic heterocycles. The molecular weight excluding hydrogens is 234 g/mol. The molecule has 0 aliphatic heterocycles. The molecule has 19 heavy (non-hydrogen) atoms. The van der Waals surface area contributed by atoms with Crippen LogP contribution in [0.1, 0.15) is 13.8 Å². The normalized spacial score (nSPS) is 9.95. The van der Waals surface area contributed by atoms with Crippen LogP contribution in [0.15, 0.2) is 48.5 Å². The SMILES string of the molecule is CCN(CC)c1ccccc1-c1ccccc1[N+]#N. The molecule has 2 rings (SSSR count). The van der Waals surface area contributed by atoms with Gasteiger partial charge in [-0.3, -0.25) is 0 Å². The van der Waals surface area contributed by atoms with E-state index in [0.717, 1.165) is 24.2 Å². The summed E-state index contributed by atoms with van der Waals surface area (Å²) >= 11 is 0. The van der Waals surface area contributed by atoms with E-state index in [2.05, 4.69) is 35.9 Å². The number of hydrogen-bond acceptors (Lipinski definition) is 2. The van der Waals surface area contributed by atoms with E-state index in [1.807, 2.05) is 36.4 Å². The first kappa shape index (κ1) is 13.1. The van der Waals surface area contributed by atoms with Crippen molar-refractivity contribution in [3.63, 3.8) is 0 Å². The van der Waals surface area contributed by atoms with Crippen molar-refractivity contribution in [2.24, 2.45) is 0 Å². The fourth-order valence-corrected chi connectivity index (χ4v) is 2.33. The van der Waals surface area contributed by atoms with Gasteiger partial charge in [0.15, 0.2) is 4.98 Å². The summed E-state index contributed by atoms with van der Waals surface area (Å²) < 4.78 is 0. The zero-order valence-corrected chi connectivity index (χ0v) is 11.4. The molecule has 0 bridgehead atoms. The first-order valence-corrected chi connectivity index (χ1v) is 6.60. The summed E-state index contributed by atoms with van der Waals surface area (Å²) in [5.41, 5.74) is 3.82. The van der Waals surface area contributed by atoms with Gasteiger partial charge in [-0.15, -0.1) is 0 Å². The van der Waals surface area contributed by atoms with Crippen molar-refractivity contribution in [1.82, 2.24) is 0 Å². The van der Waals surface area contributed by atoms with Crippen molar-refractivity contribution in [3.8, 4) is 11.1 Å². The lowest BCUT2D eigenvalue weighted by atomic mass is 10.0. The van der Waals surface area contributed by atoms with Gasteiger partial charge in [-0.05, 0) is 26.0 Å². The van der Waals surface area contributed by atoms with Gasteiger partial charge < -0.3 is 4.90 Å². The second-order valence-electron chi connectivity index (χ2n) is 4.31. The summed E-state index contributed by atoms with van der Waals surface area (Å²) in [5, 5.41) is 9.14. The number of hydrogen-bond donors (Lipinski definition) is 0. The first-order chi connectivity index (χ1) is 9.31. The third-order valence-corrected chi connectivity index (χ3v) is 3.31. The van der Waals surface area contributed by atoms with Gasteiger partial charge in [0.25, 0.3) is 0 Å². The van der Waals surface area contributed by atoms with Crippen molar-refractivity contribution in [2.75, 3.05) is 18.0 Å². The second-order valence-corrected chi connectivity index (χ2v) is 4.31. The van der Waals surface area contributed by atoms with E-state index in [4.69, 9.17) is 5.39 Å². The van der Waals surface area contributed by atoms with Crippen LogP contribution < -0.4 is 4.90 Å². The molecule has 0 saturated carbocycles. The molecule has 0 heterocycles. The van der Waals surface area contributed by atoms with Gasteiger partial charge in [-0.2, -0.15) is 0 Å². The van der Waals surface area contributed by atoms with E-state index < -0.39 is 0 Å². The summed E-state index contributed by atoms with van der Waals surface area (Å²) in [4.78, 5) is 5.68. The highest BCUT2D eigenvalue weighted by atomic mass is 15.1. The van der Waals surface area contributed by atoms with Crippen LogP contribution in [0.3, 0.4) is 0 Å². The van der Waals surface area contributed by atoms with Crippen LogP contribution in [0.25, 0.3) is 16.1 Å². The van der Waals surface area contributed by atoms with Gasteiger partial charge in [0.1, 0.15) is 0 Å². The molecule has 0 atom stereocenters. The summed E-state index contributed by atoms with van der Waals surface area (Å²) in [7, 11) is 0. The van der Waals surface area contributed by atoms with E-state index in [-0.39, 0.29) is 0 Å². The molecule has 3 nitrogen and oxygen atoms in total. The highest BCUT2D eigenvalue weighted by Crippen LogP contribution is 2.36. The van der Waals surface area contributed by atoms with Gasteiger partial charge in [0, 0.05) is 30.4 Å². The van der Waals surface area contributed by atoms with Crippen LogP contribution in [0, 0.1) is 5.39 Å². The van der Waals surface area contributed by atoms with Crippen LogP contribution in [-0.4, -0.2) is 13.1 Å². The Kier molecular flexibility index (Phi) is 4.15. The number of anilines is 1. The van der Waals surface area contributed by atoms with Gasteiger partial charge in [-0.25, -0.2) is 0 Å². The van der Waals surface area contributed by atoms with Crippen LogP contribution in [0.5, 0.6) is 0 Å². The average molecular weight is 252 g/mol. The summed E-state index contributed by atoms with van der Waals surface area (Å²) in [6.45, 7) is 6.18. The lowest BCUT2D eigenvalue weighted by Gasteiger charge is -2.23. The van der Waals surface area contributed by atoms with Crippen molar-refractivity contribution in [1.29, 1.82) is 5.39 Å². The van der Waals surface area contributed by atoms with Gasteiger partial charge >= 0.3 is 5.69 Å². The molecule has 0 unspecified atom stereocenters. The molecular formula is C16H18N3+. The highest BCUT2D eigenvalue weighted by Gasteiger charge is 2.18. The molecule has 96 valence electrons. The van der Waals surface area contributed by atoms with Crippen LogP contribution >= 0.6 is 0 Å². The Balaban J connectivity index is 2.60. The minimum Gasteiger partial charge on any atom is -0.372 e. The topological polar surface area (TPSA) is 31.4 Å². The molecule has 0 aliphatic rings. The maximum absolute atomic E-state index is 9.14. The largest absolute Gasteiger partial charge is 0.392 e. The monoisotopic (exact) mass is 252 g/mol. The zero-order chi connectivity index (χ0) is 13.7. The smallest absolute Gasteiger partial charge is 0.372 e. The second kappa shape index (κ2) is 6.01. The lowest BCUT2D eigenvalue weighted by molar-refractivity contribution is 0.867. The van der Waals surface area contributed by atoms with Crippen LogP contribution in [-0.2, 0) is 0 Å². The number of para-hydroxylation sites is 1. The van der Waals surface area contributed by atoms with Crippen LogP contribution in [0.4, 0.5) is 11.4 Å². The Morgan fingerprint density at radius 1 is 0.895 bits per heavy atom. The standard InChI is InChI=1S/C16H18N3/c1-3-19(4-2)16-12-8-6-10-14(16)13-9-5-7-11-15(13)18-17/h5-12H,3-4H2,1-2H3/q+1. The third-order valence-electron chi connectivity index (χ3n) is 3.31. The maximum Gasteiger partial charge on any atom is 0.392 e. The van der Waals surface area contributed by atoms with Gasteiger partial charge in [-0.1, -0.05) is 30.3 Å². The number of diazo groups is 1. The molecule has 2 aromatic rings. The molecule has 0 spiro atoms. The average Bonchev–Trinajstić information content (AvgIpc) is 2.49. The molecule has 0 N–H and O–H groups in total. The maximum atomic E-state index is 9.14. The molecule has 0 saturated heterocycles. The van der Waals surface area contributed by atoms with Crippen molar-refractivity contribution < 1.29 is 0 Å². The lowest BCUT2D eigenvalue weighted by Crippen LogP contribution is -2.22. The van der Waals surface area contributed by atoms with Crippen LogP contribution in [0.2, 0.25) is 0 Å². The third kappa shape index (κ3) is 2.58. The van der Waals surface area contributed by atoms with Gasteiger partial charge in [0.2, 0.25) is 5.39 Å². The first-order valence-electron chi connectivity index (χ1n) is 6.60. The Morgan fingerprint density at radius 2 is 1.47 bits per heavy atom. The van der Waals surface area contributed by atoms with Crippen molar-refractivity contribution >= 4 is 11.4 Å². The summed E-state index contributed by atoms with van der Waals surface area (Å²) in [5.74, 6) is 0. The van der Waals surface area contributed by atoms with Crippen molar-refractivity contribution in [2.45, 2.75) is 13.8 Å². The Bertz CT molecular complexity index is 595. The number of benzene rings is 2. The predicted molar refractivity (Wildman–Crippen MR) is 80.2 cm³/mol.